The Bertz CT molecular complexity index is 209. The van der Waals surface area contributed by atoms with E-state index in [1.54, 1.807) is 0 Å². The van der Waals surface area contributed by atoms with E-state index in [-0.39, 0.29) is 12.0 Å². The van der Waals surface area contributed by atoms with Crippen LogP contribution in [0, 0.1) is 17.2 Å². The Morgan fingerprint density at radius 1 is 1.12 bits per heavy atom. The third kappa shape index (κ3) is 4.99. The number of unbranched alkanes of at least 4 members (excludes halogenated alkanes) is 3. The lowest BCUT2D eigenvalue weighted by atomic mass is 9.99. The van der Waals surface area contributed by atoms with Crippen molar-refractivity contribution in [2.45, 2.75) is 70.8 Å². The zero-order valence-corrected chi connectivity index (χ0v) is 10.6. The maximum atomic E-state index is 9.10. The molecule has 2 heteroatoms. The Balaban J connectivity index is 2.19. The molecule has 0 amide bonds. The highest BCUT2D eigenvalue weighted by Crippen LogP contribution is 2.25. The van der Waals surface area contributed by atoms with E-state index < -0.39 is 0 Å². The fourth-order valence-corrected chi connectivity index (χ4v) is 2.38. The third-order valence-corrected chi connectivity index (χ3v) is 3.45. The van der Waals surface area contributed by atoms with E-state index in [4.69, 9.17) is 10.00 Å². The fraction of sp³-hybridized carbons (Fsp3) is 0.929. The molecule has 0 radical (unpaired) electrons. The molecule has 0 N–H and O–H groups in total. The van der Waals surface area contributed by atoms with Gasteiger partial charge in [-0.15, -0.1) is 0 Å². The van der Waals surface area contributed by atoms with Gasteiger partial charge in [0.2, 0.25) is 0 Å². The topological polar surface area (TPSA) is 33.0 Å². The average Bonchev–Trinajstić information content (AvgIpc) is 2.53. The van der Waals surface area contributed by atoms with Crippen LogP contribution in [0.1, 0.15) is 64.7 Å². The second-order valence-electron chi connectivity index (χ2n) is 4.84. The minimum absolute atomic E-state index is 0.147. The molecule has 2 atom stereocenters. The van der Waals surface area contributed by atoms with Crippen molar-refractivity contribution in [3.8, 4) is 6.07 Å². The minimum Gasteiger partial charge on any atom is -0.377 e. The summed E-state index contributed by atoms with van der Waals surface area (Å²) >= 11 is 0. The van der Waals surface area contributed by atoms with Gasteiger partial charge in [0, 0.05) is 6.61 Å². The first-order chi connectivity index (χ1) is 7.88. The first kappa shape index (κ1) is 13.5. The summed E-state index contributed by atoms with van der Waals surface area (Å²) in [5.41, 5.74) is 0. The van der Waals surface area contributed by atoms with E-state index in [1.165, 1.54) is 38.5 Å². The largest absolute Gasteiger partial charge is 0.377 e. The molecule has 0 aliphatic heterocycles. The smallest absolute Gasteiger partial charge is 0.0733 e. The molecule has 16 heavy (non-hydrogen) atoms. The van der Waals surface area contributed by atoms with Crippen LogP contribution in [0.4, 0.5) is 0 Å². The molecular formula is C14H25NO. The van der Waals surface area contributed by atoms with Gasteiger partial charge in [-0.3, -0.25) is 0 Å². The Labute approximate surface area is 100.0 Å². The molecule has 1 aliphatic rings. The van der Waals surface area contributed by atoms with Crippen molar-refractivity contribution < 1.29 is 4.74 Å². The normalized spacial score (nSPS) is 26.0. The van der Waals surface area contributed by atoms with E-state index >= 15 is 0 Å². The summed E-state index contributed by atoms with van der Waals surface area (Å²) in [6.07, 6.45) is 11.0. The number of hydrogen-bond acceptors (Lipinski definition) is 2. The van der Waals surface area contributed by atoms with Gasteiger partial charge in [-0.2, -0.15) is 5.26 Å². The van der Waals surface area contributed by atoms with Crippen molar-refractivity contribution >= 4 is 0 Å². The van der Waals surface area contributed by atoms with Gasteiger partial charge in [-0.25, -0.2) is 0 Å². The molecule has 1 fully saturated rings. The lowest BCUT2D eigenvalue weighted by Crippen LogP contribution is -2.22. The van der Waals surface area contributed by atoms with E-state index in [0.29, 0.717) is 0 Å². The molecule has 0 aromatic rings. The molecule has 0 heterocycles. The van der Waals surface area contributed by atoms with Crippen LogP contribution in [0.5, 0.6) is 0 Å². The number of hydrogen-bond donors (Lipinski definition) is 0. The molecule has 0 aromatic carbocycles. The minimum atomic E-state index is 0.147. The lowest BCUT2D eigenvalue weighted by molar-refractivity contribution is 0.0211. The van der Waals surface area contributed by atoms with Crippen LogP contribution in [0.25, 0.3) is 0 Å². The number of nitrogens with zero attached hydrogens (tertiary/aromatic N) is 1. The Morgan fingerprint density at radius 2 is 1.94 bits per heavy atom. The van der Waals surface area contributed by atoms with Crippen molar-refractivity contribution in [1.82, 2.24) is 0 Å². The third-order valence-electron chi connectivity index (χ3n) is 3.45. The second kappa shape index (κ2) is 8.58. The zero-order valence-electron chi connectivity index (χ0n) is 10.6. The van der Waals surface area contributed by atoms with E-state index in [1.807, 2.05) is 0 Å². The van der Waals surface area contributed by atoms with Crippen LogP contribution < -0.4 is 0 Å². The first-order valence-electron chi connectivity index (χ1n) is 6.89. The SMILES string of the molecule is CCCCCCOC1CCCCCC1C#N. The monoisotopic (exact) mass is 223 g/mol. The standard InChI is InChI=1S/C14H25NO/c1-2-3-4-8-11-16-14-10-7-5-6-9-13(14)12-15/h13-14H,2-11H2,1H3. The van der Waals surface area contributed by atoms with Gasteiger partial charge in [-0.1, -0.05) is 45.4 Å². The molecule has 0 saturated heterocycles. The van der Waals surface area contributed by atoms with Crippen LogP contribution >= 0.6 is 0 Å². The first-order valence-corrected chi connectivity index (χ1v) is 6.89. The summed E-state index contributed by atoms with van der Waals surface area (Å²) in [6.45, 7) is 3.07. The predicted octanol–water partition coefficient (Wildman–Crippen LogP) is 4.06. The molecule has 0 bridgehead atoms. The summed E-state index contributed by atoms with van der Waals surface area (Å²) in [5.74, 6) is 0.147. The average molecular weight is 223 g/mol. The van der Waals surface area contributed by atoms with E-state index in [9.17, 15) is 0 Å². The highest BCUT2D eigenvalue weighted by atomic mass is 16.5. The Morgan fingerprint density at radius 3 is 2.69 bits per heavy atom. The van der Waals surface area contributed by atoms with Crippen molar-refractivity contribution in [3.63, 3.8) is 0 Å². The van der Waals surface area contributed by atoms with Gasteiger partial charge in [-0.05, 0) is 19.3 Å². The van der Waals surface area contributed by atoms with Crippen molar-refractivity contribution in [2.75, 3.05) is 6.61 Å². The highest BCUT2D eigenvalue weighted by molar-refractivity contribution is 4.90. The van der Waals surface area contributed by atoms with Gasteiger partial charge in [0.05, 0.1) is 18.1 Å². The van der Waals surface area contributed by atoms with E-state index in [2.05, 4.69) is 13.0 Å². The predicted molar refractivity (Wildman–Crippen MR) is 66.1 cm³/mol. The van der Waals surface area contributed by atoms with Crippen LogP contribution in [0.15, 0.2) is 0 Å². The molecule has 0 spiro atoms. The molecular weight excluding hydrogens is 198 g/mol. The number of ether oxygens (including phenoxy) is 1. The number of nitriles is 1. The summed E-state index contributed by atoms with van der Waals surface area (Å²) in [4.78, 5) is 0. The van der Waals surface area contributed by atoms with Crippen LogP contribution in [0.2, 0.25) is 0 Å². The van der Waals surface area contributed by atoms with Crippen LogP contribution in [0.3, 0.4) is 0 Å². The van der Waals surface area contributed by atoms with Crippen molar-refractivity contribution in [1.29, 1.82) is 5.26 Å². The molecule has 2 nitrogen and oxygen atoms in total. The summed E-state index contributed by atoms with van der Waals surface area (Å²) in [7, 11) is 0. The molecule has 92 valence electrons. The molecule has 1 aliphatic carbocycles. The van der Waals surface area contributed by atoms with Gasteiger partial charge in [0.1, 0.15) is 0 Å². The molecule has 2 unspecified atom stereocenters. The van der Waals surface area contributed by atoms with Gasteiger partial charge >= 0.3 is 0 Å². The second-order valence-corrected chi connectivity index (χ2v) is 4.84. The van der Waals surface area contributed by atoms with E-state index in [0.717, 1.165) is 25.9 Å². The lowest BCUT2D eigenvalue weighted by Gasteiger charge is -2.19. The molecule has 1 rings (SSSR count). The summed E-state index contributed by atoms with van der Waals surface area (Å²) in [5, 5.41) is 9.10. The zero-order chi connectivity index (χ0) is 11.6. The Kier molecular flexibility index (Phi) is 7.25. The van der Waals surface area contributed by atoms with Crippen LogP contribution in [-0.4, -0.2) is 12.7 Å². The fourth-order valence-electron chi connectivity index (χ4n) is 2.38. The summed E-state index contributed by atoms with van der Waals surface area (Å²) < 4.78 is 5.89. The molecule has 0 aromatic heterocycles. The quantitative estimate of drug-likeness (QED) is 0.502. The van der Waals surface area contributed by atoms with Crippen LogP contribution in [-0.2, 0) is 4.74 Å². The van der Waals surface area contributed by atoms with Crippen molar-refractivity contribution in [3.05, 3.63) is 0 Å². The number of rotatable bonds is 6. The van der Waals surface area contributed by atoms with Gasteiger partial charge < -0.3 is 4.74 Å². The highest BCUT2D eigenvalue weighted by Gasteiger charge is 2.23. The Hall–Kier alpha value is -0.550. The van der Waals surface area contributed by atoms with Gasteiger partial charge in [0.15, 0.2) is 0 Å². The molecule has 1 saturated carbocycles. The maximum Gasteiger partial charge on any atom is 0.0733 e. The summed E-state index contributed by atoms with van der Waals surface area (Å²) in [6, 6.07) is 2.42. The maximum absolute atomic E-state index is 9.10. The van der Waals surface area contributed by atoms with Gasteiger partial charge in [0.25, 0.3) is 0 Å². The van der Waals surface area contributed by atoms with Crippen molar-refractivity contribution in [2.24, 2.45) is 5.92 Å².